The van der Waals surface area contributed by atoms with Crippen LogP contribution in [0, 0.1) is 0 Å². The zero-order chi connectivity index (χ0) is 8.74. The van der Waals surface area contributed by atoms with Crippen LogP contribution in [0.15, 0.2) is 0 Å². The fourth-order valence-corrected chi connectivity index (χ4v) is 2.20. The minimum Gasteiger partial charge on any atom is -0.309 e. The van der Waals surface area contributed by atoms with Crippen molar-refractivity contribution in [1.82, 2.24) is 0 Å². The Hall–Kier alpha value is 0.630. The van der Waals surface area contributed by atoms with Gasteiger partial charge in [-0.3, -0.25) is 4.57 Å². The van der Waals surface area contributed by atoms with Crippen LogP contribution in [-0.2, 0) is 13.6 Å². The van der Waals surface area contributed by atoms with Crippen molar-refractivity contribution in [3.8, 4) is 0 Å². The third-order valence-corrected chi connectivity index (χ3v) is 3.40. The number of rotatable bonds is 6. The van der Waals surface area contributed by atoms with Crippen molar-refractivity contribution in [3.63, 3.8) is 0 Å². The van der Waals surface area contributed by atoms with E-state index in [1.165, 1.54) is 0 Å². The summed E-state index contributed by atoms with van der Waals surface area (Å²) in [4.78, 5) is 0. The third-order valence-electron chi connectivity index (χ3n) is 1.08. The standard InChI is InChI=1S/C6H14BrO3P/c1-3-9-11(8,4-2)10-6-5-7/h3-6H2,1-2H3/t11-/m1/s1. The highest BCUT2D eigenvalue weighted by Gasteiger charge is 2.19. The van der Waals surface area contributed by atoms with Gasteiger partial charge in [0, 0.05) is 11.5 Å². The van der Waals surface area contributed by atoms with Crippen LogP contribution in [0.4, 0.5) is 0 Å². The maximum absolute atomic E-state index is 11.5. The molecule has 0 saturated carbocycles. The molecule has 0 N–H and O–H groups in total. The first-order valence-corrected chi connectivity index (χ1v) is 6.47. The molecule has 0 fully saturated rings. The average Bonchev–Trinajstić information content (AvgIpc) is 2.02. The van der Waals surface area contributed by atoms with Gasteiger partial charge in [-0.05, 0) is 6.92 Å². The van der Waals surface area contributed by atoms with E-state index in [4.69, 9.17) is 9.05 Å². The molecule has 0 aliphatic rings. The largest absolute Gasteiger partial charge is 0.330 e. The smallest absolute Gasteiger partial charge is 0.309 e. The predicted octanol–water partition coefficient (Wildman–Crippen LogP) is 2.65. The van der Waals surface area contributed by atoms with Gasteiger partial charge in [0.05, 0.1) is 13.2 Å². The third kappa shape index (κ3) is 4.96. The van der Waals surface area contributed by atoms with Gasteiger partial charge in [0.1, 0.15) is 0 Å². The summed E-state index contributed by atoms with van der Waals surface area (Å²) in [6, 6.07) is 0. The lowest BCUT2D eigenvalue weighted by Gasteiger charge is -2.14. The van der Waals surface area contributed by atoms with Gasteiger partial charge in [0.15, 0.2) is 0 Å². The lowest BCUT2D eigenvalue weighted by molar-refractivity contribution is 0.223. The van der Waals surface area contributed by atoms with Gasteiger partial charge in [0.25, 0.3) is 0 Å². The number of hydrogen-bond acceptors (Lipinski definition) is 3. The monoisotopic (exact) mass is 244 g/mol. The second-order valence-corrected chi connectivity index (χ2v) is 5.03. The van der Waals surface area contributed by atoms with Gasteiger partial charge < -0.3 is 9.05 Å². The van der Waals surface area contributed by atoms with Crippen molar-refractivity contribution in [2.75, 3.05) is 24.7 Å². The molecule has 0 aromatic carbocycles. The molecule has 0 radical (unpaired) electrons. The molecule has 0 saturated heterocycles. The Morgan fingerprint density at radius 2 is 2.00 bits per heavy atom. The predicted molar refractivity (Wildman–Crippen MR) is 49.5 cm³/mol. The number of halogens is 1. The van der Waals surface area contributed by atoms with E-state index in [0.717, 1.165) is 0 Å². The topological polar surface area (TPSA) is 35.5 Å². The van der Waals surface area contributed by atoms with Crippen LogP contribution in [0.2, 0.25) is 0 Å². The maximum atomic E-state index is 11.5. The molecule has 0 bridgehead atoms. The molecular formula is C6H14BrO3P. The fourth-order valence-electron chi connectivity index (χ4n) is 0.590. The molecule has 5 heteroatoms. The van der Waals surface area contributed by atoms with Crippen LogP contribution >= 0.6 is 23.5 Å². The van der Waals surface area contributed by atoms with E-state index >= 15 is 0 Å². The quantitative estimate of drug-likeness (QED) is 0.533. The average molecular weight is 245 g/mol. The second-order valence-electron chi connectivity index (χ2n) is 1.87. The van der Waals surface area contributed by atoms with Crippen molar-refractivity contribution in [2.45, 2.75) is 13.8 Å². The van der Waals surface area contributed by atoms with E-state index in [9.17, 15) is 4.57 Å². The zero-order valence-corrected chi connectivity index (χ0v) is 9.36. The van der Waals surface area contributed by atoms with Gasteiger partial charge in [-0.1, -0.05) is 22.9 Å². The maximum Gasteiger partial charge on any atom is 0.330 e. The molecule has 0 spiro atoms. The first-order valence-electron chi connectivity index (χ1n) is 3.62. The Balaban J connectivity index is 3.79. The van der Waals surface area contributed by atoms with Crippen molar-refractivity contribution in [2.24, 2.45) is 0 Å². The molecule has 0 aliphatic heterocycles. The molecule has 0 rings (SSSR count). The summed E-state index contributed by atoms with van der Waals surface area (Å²) in [5, 5.41) is 0.685. The lowest BCUT2D eigenvalue weighted by Crippen LogP contribution is -1.99. The molecule has 0 aliphatic carbocycles. The van der Waals surface area contributed by atoms with E-state index in [1.54, 1.807) is 13.8 Å². The zero-order valence-electron chi connectivity index (χ0n) is 6.88. The SMILES string of the molecule is CCO[P@](=O)(CC)OCCBr. The van der Waals surface area contributed by atoms with Crippen LogP contribution in [0.1, 0.15) is 13.8 Å². The normalized spacial score (nSPS) is 16.3. The van der Waals surface area contributed by atoms with Gasteiger partial charge in [0.2, 0.25) is 0 Å². The Morgan fingerprint density at radius 3 is 2.36 bits per heavy atom. The van der Waals surface area contributed by atoms with Crippen molar-refractivity contribution < 1.29 is 13.6 Å². The van der Waals surface area contributed by atoms with E-state index in [-0.39, 0.29) is 0 Å². The summed E-state index contributed by atoms with van der Waals surface area (Å²) in [6.07, 6.45) is 0.438. The molecule has 0 aromatic heterocycles. The first kappa shape index (κ1) is 11.6. The van der Waals surface area contributed by atoms with Crippen molar-refractivity contribution >= 4 is 23.5 Å². The van der Waals surface area contributed by atoms with Crippen LogP contribution < -0.4 is 0 Å². The number of hydrogen-bond donors (Lipinski definition) is 0. The highest BCUT2D eigenvalue weighted by Crippen LogP contribution is 2.47. The van der Waals surface area contributed by atoms with E-state index < -0.39 is 7.60 Å². The summed E-state index contributed by atoms with van der Waals surface area (Å²) < 4.78 is 21.5. The molecule has 0 aromatic rings. The Bertz CT molecular complexity index is 140. The van der Waals surface area contributed by atoms with Crippen LogP contribution in [0.25, 0.3) is 0 Å². The molecule has 0 amide bonds. The molecule has 0 heterocycles. The lowest BCUT2D eigenvalue weighted by atomic mass is 10.9. The highest BCUT2D eigenvalue weighted by molar-refractivity contribution is 9.09. The molecule has 0 unspecified atom stereocenters. The Kier molecular flexibility index (Phi) is 6.53. The van der Waals surface area contributed by atoms with Crippen molar-refractivity contribution in [1.29, 1.82) is 0 Å². The molecule has 11 heavy (non-hydrogen) atoms. The van der Waals surface area contributed by atoms with E-state index in [0.29, 0.717) is 24.7 Å². The summed E-state index contributed by atoms with van der Waals surface area (Å²) in [7, 11) is -2.75. The van der Waals surface area contributed by atoms with Gasteiger partial charge >= 0.3 is 7.60 Å². The molecule has 3 nitrogen and oxygen atoms in total. The fraction of sp³-hybridized carbons (Fsp3) is 1.00. The van der Waals surface area contributed by atoms with Gasteiger partial charge in [-0.15, -0.1) is 0 Å². The van der Waals surface area contributed by atoms with Crippen LogP contribution in [-0.4, -0.2) is 24.7 Å². The Morgan fingerprint density at radius 1 is 1.36 bits per heavy atom. The molecular weight excluding hydrogens is 231 g/mol. The molecule has 68 valence electrons. The van der Waals surface area contributed by atoms with Crippen LogP contribution in [0.5, 0.6) is 0 Å². The van der Waals surface area contributed by atoms with Gasteiger partial charge in [-0.2, -0.15) is 0 Å². The first-order chi connectivity index (χ1) is 5.18. The Labute approximate surface area is 76.1 Å². The minimum atomic E-state index is -2.75. The van der Waals surface area contributed by atoms with E-state index in [1.807, 2.05) is 0 Å². The summed E-state index contributed by atoms with van der Waals surface area (Å²) in [5.41, 5.74) is 0. The highest BCUT2D eigenvalue weighted by atomic mass is 79.9. The van der Waals surface area contributed by atoms with Gasteiger partial charge in [-0.25, -0.2) is 0 Å². The second kappa shape index (κ2) is 6.18. The summed E-state index contributed by atoms with van der Waals surface area (Å²) in [6.45, 7) is 4.48. The van der Waals surface area contributed by atoms with Crippen LogP contribution in [0.3, 0.4) is 0 Å². The van der Waals surface area contributed by atoms with Crippen molar-refractivity contribution in [3.05, 3.63) is 0 Å². The summed E-state index contributed by atoms with van der Waals surface area (Å²) >= 11 is 3.18. The minimum absolute atomic E-state index is 0.436. The number of alkyl halides is 1. The van der Waals surface area contributed by atoms with E-state index in [2.05, 4.69) is 15.9 Å². The summed E-state index contributed by atoms with van der Waals surface area (Å²) in [5.74, 6) is 0. The molecule has 1 atom stereocenters.